The van der Waals surface area contributed by atoms with Gasteiger partial charge in [-0.25, -0.2) is 4.79 Å². The molecular weight excluding hydrogens is 340 g/mol. The molecule has 2 aromatic carbocycles. The molecule has 0 unspecified atom stereocenters. The van der Waals surface area contributed by atoms with E-state index in [0.717, 1.165) is 35.9 Å². The average Bonchev–Trinajstić information content (AvgIpc) is 2.68. The summed E-state index contributed by atoms with van der Waals surface area (Å²) in [6, 6.07) is 13.0. The molecule has 0 amide bonds. The molecule has 3 rings (SSSR count). The number of hydrazone groups is 1. The van der Waals surface area contributed by atoms with Crippen LogP contribution in [-0.4, -0.2) is 10.8 Å². The van der Waals surface area contributed by atoms with Crippen molar-refractivity contribution in [3.8, 4) is 5.75 Å². The van der Waals surface area contributed by atoms with E-state index < -0.39 is 0 Å². The number of para-hydroxylation sites is 1. The minimum Gasteiger partial charge on any atom is -0.507 e. The Balaban J connectivity index is 2.08. The molecule has 0 atom stereocenters. The zero-order valence-corrected chi connectivity index (χ0v) is 15.9. The fourth-order valence-corrected chi connectivity index (χ4v) is 3.08. The van der Waals surface area contributed by atoms with Crippen LogP contribution in [0.4, 0.5) is 5.69 Å². The molecule has 0 spiro atoms. The third-order valence-electron chi connectivity index (χ3n) is 4.64. The summed E-state index contributed by atoms with van der Waals surface area (Å²) < 4.78 is 5.39. The molecule has 0 aliphatic heterocycles. The maximum Gasteiger partial charge on any atom is 0.336 e. The Kier molecular flexibility index (Phi) is 5.60. The van der Waals surface area contributed by atoms with E-state index in [9.17, 15) is 9.90 Å². The number of fused-ring (bicyclic) bond motifs is 1. The van der Waals surface area contributed by atoms with Crippen molar-refractivity contribution in [2.45, 2.75) is 40.0 Å². The Morgan fingerprint density at radius 1 is 1.22 bits per heavy atom. The van der Waals surface area contributed by atoms with Crippen molar-refractivity contribution in [1.82, 2.24) is 0 Å². The smallest absolute Gasteiger partial charge is 0.336 e. The van der Waals surface area contributed by atoms with Gasteiger partial charge in [0.25, 0.3) is 0 Å². The van der Waals surface area contributed by atoms with E-state index in [0.29, 0.717) is 22.4 Å². The van der Waals surface area contributed by atoms with E-state index in [1.807, 2.05) is 43.3 Å². The summed E-state index contributed by atoms with van der Waals surface area (Å²) in [4.78, 5) is 11.9. The first-order valence-electron chi connectivity index (χ1n) is 9.16. The van der Waals surface area contributed by atoms with Crippen LogP contribution in [0.15, 0.2) is 56.8 Å². The van der Waals surface area contributed by atoms with Gasteiger partial charge in [0.1, 0.15) is 11.3 Å². The van der Waals surface area contributed by atoms with Gasteiger partial charge < -0.3 is 9.52 Å². The third-order valence-corrected chi connectivity index (χ3v) is 4.64. The summed E-state index contributed by atoms with van der Waals surface area (Å²) in [6.45, 7) is 5.70. The van der Waals surface area contributed by atoms with Crippen LogP contribution in [0, 0.1) is 6.92 Å². The molecule has 3 aromatic rings. The summed E-state index contributed by atoms with van der Waals surface area (Å²) in [5, 5.41) is 15.9. The molecule has 1 aromatic heterocycles. The normalized spacial score (nSPS) is 11.7. The van der Waals surface area contributed by atoms with E-state index in [1.54, 1.807) is 13.0 Å². The van der Waals surface area contributed by atoms with E-state index in [1.165, 1.54) is 0 Å². The molecule has 0 aliphatic carbocycles. The van der Waals surface area contributed by atoms with Gasteiger partial charge in [0.05, 0.1) is 11.4 Å². The lowest BCUT2D eigenvalue weighted by Crippen LogP contribution is -2.05. The standard InChI is InChI=1S/C22H24N2O3/c1-4-5-9-16-12-20(25)27-22-14(2)21(26)18(13-19(16)22)15(3)23-24-17-10-7-6-8-11-17/h6-8,10-13,24,26H,4-5,9H2,1-3H3/b23-15+. The molecule has 0 radical (unpaired) electrons. The summed E-state index contributed by atoms with van der Waals surface area (Å²) in [5.74, 6) is 0.0782. The van der Waals surface area contributed by atoms with Crippen LogP contribution >= 0.6 is 0 Å². The minimum atomic E-state index is -0.389. The first-order chi connectivity index (χ1) is 13.0. The van der Waals surface area contributed by atoms with Gasteiger partial charge in [-0.2, -0.15) is 5.10 Å². The predicted molar refractivity (Wildman–Crippen MR) is 110 cm³/mol. The molecular formula is C22H24N2O3. The third kappa shape index (κ3) is 4.03. The highest BCUT2D eigenvalue weighted by Crippen LogP contribution is 2.32. The number of hydrogen-bond donors (Lipinski definition) is 2. The quantitative estimate of drug-likeness (QED) is 0.367. The van der Waals surface area contributed by atoms with E-state index in [2.05, 4.69) is 17.5 Å². The first-order valence-corrected chi connectivity index (χ1v) is 9.16. The summed E-state index contributed by atoms with van der Waals surface area (Å²) in [7, 11) is 0. The molecule has 5 nitrogen and oxygen atoms in total. The molecule has 0 fully saturated rings. The fourth-order valence-electron chi connectivity index (χ4n) is 3.08. The average molecular weight is 364 g/mol. The summed E-state index contributed by atoms with van der Waals surface area (Å²) in [6.07, 6.45) is 2.81. The van der Waals surface area contributed by atoms with Crippen LogP contribution in [0.2, 0.25) is 0 Å². The second-order valence-corrected chi connectivity index (χ2v) is 6.64. The highest BCUT2D eigenvalue weighted by atomic mass is 16.4. The number of anilines is 1. The van der Waals surface area contributed by atoms with Gasteiger partial charge in [-0.1, -0.05) is 31.5 Å². The van der Waals surface area contributed by atoms with Gasteiger partial charge >= 0.3 is 5.63 Å². The monoisotopic (exact) mass is 364 g/mol. The topological polar surface area (TPSA) is 74.8 Å². The van der Waals surface area contributed by atoms with E-state index >= 15 is 0 Å². The lowest BCUT2D eigenvalue weighted by atomic mass is 9.97. The minimum absolute atomic E-state index is 0.0782. The first kappa shape index (κ1) is 18.7. The van der Waals surface area contributed by atoms with Crippen LogP contribution in [0.25, 0.3) is 11.0 Å². The number of benzene rings is 2. The van der Waals surface area contributed by atoms with Crippen molar-refractivity contribution >= 4 is 22.4 Å². The Morgan fingerprint density at radius 3 is 2.67 bits per heavy atom. The maximum absolute atomic E-state index is 11.9. The van der Waals surface area contributed by atoms with Gasteiger partial charge in [0, 0.05) is 22.6 Å². The van der Waals surface area contributed by atoms with Crippen LogP contribution in [0.5, 0.6) is 5.75 Å². The number of phenolic OH excluding ortho intramolecular Hbond substituents is 1. The Labute approximate surface area is 158 Å². The van der Waals surface area contributed by atoms with Crippen molar-refractivity contribution in [2.24, 2.45) is 5.10 Å². The lowest BCUT2D eigenvalue weighted by Gasteiger charge is -2.13. The van der Waals surface area contributed by atoms with Gasteiger partial charge in [-0.05, 0) is 50.5 Å². The van der Waals surface area contributed by atoms with Crippen LogP contribution < -0.4 is 11.1 Å². The molecule has 2 N–H and O–H groups in total. The number of aryl methyl sites for hydroxylation is 2. The zero-order valence-electron chi connectivity index (χ0n) is 15.9. The molecule has 1 heterocycles. The molecule has 27 heavy (non-hydrogen) atoms. The van der Waals surface area contributed by atoms with Gasteiger partial charge in [0.2, 0.25) is 0 Å². The predicted octanol–water partition coefficient (Wildman–Crippen LogP) is 4.99. The number of aromatic hydroxyl groups is 1. The number of nitrogens with one attached hydrogen (secondary N) is 1. The Bertz CT molecular complexity index is 1040. The molecule has 0 saturated carbocycles. The van der Waals surface area contributed by atoms with E-state index in [4.69, 9.17) is 4.42 Å². The van der Waals surface area contributed by atoms with Gasteiger partial charge in [-0.15, -0.1) is 0 Å². The highest BCUT2D eigenvalue weighted by molar-refractivity contribution is 6.05. The molecule has 140 valence electrons. The van der Waals surface area contributed by atoms with Crippen molar-refractivity contribution in [2.75, 3.05) is 5.43 Å². The van der Waals surface area contributed by atoms with Crippen molar-refractivity contribution < 1.29 is 9.52 Å². The van der Waals surface area contributed by atoms with Gasteiger partial charge in [-0.3, -0.25) is 5.43 Å². The van der Waals surface area contributed by atoms with E-state index in [-0.39, 0.29) is 11.4 Å². The number of phenols is 1. The fraction of sp³-hybridized carbons (Fsp3) is 0.273. The van der Waals surface area contributed by atoms with Crippen molar-refractivity contribution in [3.05, 3.63) is 69.6 Å². The van der Waals surface area contributed by atoms with Crippen LogP contribution in [-0.2, 0) is 6.42 Å². The largest absolute Gasteiger partial charge is 0.507 e. The summed E-state index contributed by atoms with van der Waals surface area (Å²) >= 11 is 0. The SMILES string of the molecule is CCCCc1cc(=O)oc2c(C)c(O)c(/C(C)=N/Nc3ccccc3)cc12. The van der Waals surface area contributed by atoms with Gasteiger partial charge in [0.15, 0.2) is 0 Å². The number of hydrogen-bond acceptors (Lipinski definition) is 5. The van der Waals surface area contributed by atoms with Crippen LogP contribution in [0.1, 0.15) is 43.4 Å². The molecule has 0 saturated heterocycles. The van der Waals surface area contributed by atoms with Crippen molar-refractivity contribution in [1.29, 1.82) is 0 Å². The number of rotatable bonds is 6. The second-order valence-electron chi connectivity index (χ2n) is 6.64. The zero-order chi connectivity index (χ0) is 19.4. The molecule has 0 bridgehead atoms. The lowest BCUT2D eigenvalue weighted by molar-refractivity contribution is 0.467. The van der Waals surface area contributed by atoms with Crippen molar-refractivity contribution in [3.63, 3.8) is 0 Å². The summed E-state index contributed by atoms with van der Waals surface area (Å²) in [5.41, 5.74) is 6.67. The molecule has 5 heteroatoms. The maximum atomic E-state index is 11.9. The highest BCUT2D eigenvalue weighted by Gasteiger charge is 2.16. The Morgan fingerprint density at radius 2 is 1.96 bits per heavy atom. The second kappa shape index (κ2) is 8.08. The van der Waals surface area contributed by atoms with Crippen LogP contribution in [0.3, 0.4) is 0 Å². The number of unbranched alkanes of at least 4 members (excludes halogenated alkanes) is 1. The number of nitrogens with zero attached hydrogens (tertiary/aromatic N) is 1. The molecule has 0 aliphatic rings. The Hall–Kier alpha value is -3.08.